The fraction of sp³-hybridized carbons (Fsp3) is 0.538. The van der Waals surface area contributed by atoms with Crippen molar-refractivity contribution in [2.24, 2.45) is 0 Å². The summed E-state index contributed by atoms with van der Waals surface area (Å²) in [6.45, 7) is 7.42. The highest BCUT2D eigenvalue weighted by atomic mass is 16.3. The van der Waals surface area contributed by atoms with E-state index in [4.69, 9.17) is 10.2 Å². The van der Waals surface area contributed by atoms with E-state index in [9.17, 15) is 5.11 Å². The van der Waals surface area contributed by atoms with E-state index in [2.05, 4.69) is 0 Å². The lowest BCUT2D eigenvalue weighted by Crippen LogP contribution is -2.14. The SMILES string of the molecule is CC(C)(O)c1ccccc1.CCO.CCO. The summed E-state index contributed by atoms with van der Waals surface area (Å²) in [6, 6.07) is 9.62. The first-order valence-corrected chi connectivity index (χ1v) is 5.43. The van der Waals surface area contributed by atoms with Gasteiger partial charge in [-0.2, -0.15) is 0 Å². The third kappa shape index (κ3) is 11.2. The Morgan fingerprint density at radius 3 is 1.44 bits per heavy atom. The minimum Gasteiger partial charge on any atom is -0.397 e. The number of aliphatic hydroxyl groups excluding tert-OH is 2. The maximum Gasteiger partial charge on any atom is 0.0840 e. The molecule has 0 amide bonds. The van der Waals surface area contributed by atoms with Crippen molar-refractivity contribution < 1.29 is 15.3 Å². The zero-order valence-corrected chi connectivity index (χ0v) is 10.6. The second-order valence-electron chi connectivity index (χ2n) is 3.56. The molecule has 0 saturated carbocycles. The first-order chi connectivity index (χ1) is 7.43. The van der Waals surface area contributed by atoms with Crippen LogP contribution in [0.15, 0.2) is 30.3 Å². The fourth-order valence-electron chi connectivity index (χ4n) is 0.846. The van der Waals surface area contributed by atoms with Gasteiger partial charge in [-0.05, 0) is 33.3 Å². The summed E-state index contributed by atoms with van der Waals surface area (Å²) in [5.41, 5.74) is 0.247. The molecule has 0 spiro atoms. The Morgan fingerprint density at radius 1 is 0.938 bits per heavy atom. The van der Waals surface area contributed by atoms with Crippen LogP contribution in [0.5, 0.6) is 0 Å². The molecule has 0 bridgehead atoms. The van der Waals surface area contributed by atoms with E-state index in [1.165, 1.54) is 0 Å². The molecular weight excluding hydrogens is 204 g/mol. The molecule has 0 fully saturated rings. The molecule has 1 aromatic rings. The minimum absolute atomic E-state index is 0.250. The lowest BCUT2D eigenvalue weighted by molar-refractivity contribution is 0.0786. The van der Waals surface area contributed by atoms with Gasteiger partial charge in [-0.15, -0.1) is 0 Å². The molecular formula is C13H24O3. The molecule has 0 unspecified atom stereocenters. The second kappa shape index (κ2) is 10.6. The predicted molar refractivity (Wildman–Crippen MR) is 67.2 cm³/mol. The summed E-state index contributed by atoms with van der Waals surface area (Å²) in [5, 5.41) is 24.6. The van der Waals surface area contributed by atoms with Gasteiger partial charge in [-0.25, -0.2) is 0 Å². The summed E-state index contributed by atoms with van der Waals surface area (Å²) in [4.78, 5) is 0. The Bertz CT molecular complexity index is 225. The molecule has 0 radical (unpaired) electrons. The van der Waals surface area contributed by atoms with Gasteiger partial charge in [0.2, 0.25) is 0 Å². The van der Waals surface area contributed by atoms with Crippen molar-refractivity contribution >= 4 is 0 Å². The zero-order chi connectivity index (χ0) is 13.0. The molecule has 0 aromatic heterocycles. The van der Waals surface area contributed by atoms with Gasteiger partial charge >= 0.3 is 0 Å². The molecule has 3 N–H and O–H groups in total. The highest BCUT2D eigenvalue weighted by molar-refractivity contribution is 5.20. The van der Waals surface area contributed by atoms with E-state index in [0.717, 1.165) is 5.56 Å². The Balaban J connectivity index is 0. The summed E-state index contributed by atoms with van der Waals surface area (Å²) in [6.07, 6.45) is 0. The van der Waals surface area contributed by atoms with Crippen LogP contribution in [0.1, 0.15) is 33.3 Å². The molecule has 1 aromatic carbocycles. The van der Waals surface area contributed by atoms with Crippen molar-refractivity contribution in [3.63, 3.8) is 0 Å². The van der Waals surface area contributed by atoms with Crippen LogP contribution >= 0.6 is 0 Å². The predicted octanol–water partition coefficient (Wildman–Crippen LogP) is 1.91. The summed E-state index contributed by atoms with van der Waals surface area (Å²) in [5.74, 6) is 0. The average Bonchev–Trinajstić information content (AvgIpc) is 2.20. The maximum atomic E-state index is 9.49. The molecule has 16 heavy (non-hydrogen) atoms. The molecule has 3 nitrogen and oxygen atoms in total. The Morgan fingerprint density at radius 2 is 1.25 bits per heavy atom. The van der Waals surface area contributed by atoms with Crippen molar-refractivity contribution in [2.75, 3.05) is 13.2 Å². The first kappa shape index (κ1) is 17.5. The highest BCUT2D eigenvalue weighted by Gasteiger charge is 2.13. The number of hydrogen-bond acceptors (Lipinski definition) is 3. The normalized spacial score (nSPS) is 9.44. The van der Waals surface area contributed by atoms with Crippen molar-refractivity contribution in [3.05, 3.63) is 35.9 Å². The first-order valence-electron chi connectivity index (χ1n) is 5.43. The highest BCUT2D eigenvalue weighted by Crippen LogP contribution is 2.17. The number of benzene rings is 1. The molecule has 0 saturated heterocycles. The molecule has 0 aliphatic carbocycles. The molecule has 0 aliphatic rings. The molecule has 0 heterocycles. The van der Waals surface area contributed by atoms with Crippen LogP contribution in [0, 0.1) is 0 Å². The quantitative estimate of drug-likeness (QED) is 0.688. The van der Waals surface area contributed by atoms with E-state index in [1.807, 2.05) is 30.3 Å². The number of hydrogen-bond donors (Lipinski definition) is 3. The van der Waals surface area contributed by atoms with Gasteiger partial charge in [-0.1, -0.05) is 30.3 Å². The van der Waals surface area contributed by atoms with Crippen molar-refractivity contribution in [3.8, 4) is 0 Å². The third-order valence-corrected chi connectivity index (χ3v) is 1.48. The maximum absolute atomic E-state index is 9.49. The molecule has 3 heteroatoms. The van der Waals surface area contributed by atoms with Crippen molar-refractivity contribution in [2.45, 2.75) is 33.3 Å². The van der Waals surface area contributed by atoms with Crippen LogP contribution in [0.4, 0.5) is 0 Å². The Kier molecular flexibility index (Phi) is 11.6. The van der Waals surface area contributed by atoms with Crippen LogP contribution in [0.3, 0.4) is 0 Å². The molecule has 0 aliphatic heterocycles. The summed E-state index contributed by atoms with van der Waals surface area (Å²) in [7, 11) is 0. The standard InChI is InChI=1S/C9H12O.2C2H6O/c1-9(2,10)8-6-4-3-5-7-8;2*1-2-3/h3-7,10H,1-2H3;2*3H,2H2,1H3. The van der Waals surface area contributed by atoms with E-state index < -0.39 is 5.60 Å². The van der Waals surface area contributed by atoms with E-state index in [-0.39, 0.29) is 13.2 Å². The lowest BCUT2D eigenvalue weighted by Gasteiger charge is -2.16. The van der Waals surface area contributed by atoms with Crippen molar-refractivity contribution in [1.82, 2.24) is 0 Å². The van der Waals surface area contributed by atoms with Crippen molar-refractivity contribution in [1.29, 1.82) is 0 Å². The summed E-state index contributed by atoms with van der Waals surface area (Å²) >= 11 is 0. The van der Waals surface area contributed by atoms with Gasteiger partial charge in [-0.3, -0.25) is 0 Å². The van der Waals surface area contributed by atoms with Crippen LogP contribution in [0.2, 0.25) is 0 Å². The van der Waals surface area contributed by atoms with E-state index in [1.54, 1.807) is 27.7 Å². The van der Waals surface area contributed by atoms with Crippen LogP contribution in [0.25, 0.3) is 0 Å². The largest absolute Gasteiger partial charge is 0.397 e. The fourth-order valence-corrected chi connectivity index (χ4v) is 0.846. The summed E-state index contributed by atoms with van der Waals surface area (Å²) < 4.78 is 0. The van der Waals surface area contributed by atoms with Gasteiger partial charge in [0.25, 0.3) is 0 Å². The van der Waals surface area contributed by atoms with Crippen LogP contribution in [-0.2, 0) is 5.60 Å². The van der Waals surface area contributed by atoms with Gasteiger partial charge in [0, 0.05) is 13.2 Å². The molecule has 1 rings (SSSR count). The van der Waals surface area contributed by atoms with Crippen LogP contribution < -0.4 is 0 Å². The number of rotatable bonds is 1. The van der Waals surface area contributed by atoms with E-state index >= 15 is 0 Å². The van der Waals surface area contributed by atoms with Gasteiger partial charge in [0.05, 0.1) is 5.60 Å². The van der Waals surface area contributed by atoms with Crippen LogP contribution in [-0.4, -0.2) is 28.5 Å². The van der Waals surface area contributed by atoms with Gasteiger partial charge in [0.15, 0.2) is 0 Å². The molecule has 94 valence electrons. The second-order valence-corrected chi connectivity index (χ2v) is 3.56. The lowest BCUT2D eigenvalue weighted by atomic mass is 9.99. The molecule has 0 atom stereocenters. The monoisotopic (exact) mass is 228 g/mol. The minimum atomic E-state index is -0.707. The number of aliphatic hydroxyl groups is 3. The Hall–Kier alpha value is -0.900. The average molecular weight is 228 g/mol. The topological polar surface area (TPSA) is 60.7 Å². The van der Waals surface area contributed by atoms with E-state index in [0.29, 0.717) is 0 Å². The Labute approximate surface area is 98.4 Å². The van der Waals surface area contributed by atoms with Gasteiger partial charge < -0.3 is 15.3 Å². The van der Waals surface area contributed by atoms with Gasteiger partial charge in [0.1, 0.15) is 0 Å². The zero-order valence-electron chi connectivity index (χ0n) is 10.6. The smallest absolute Gasteiger partial charge is 0.0840 e. The third-order valence-electron chi connectivity index (χ3n) is 1.48.